The molecule has 3 aromatic rings. The first-order valence-electron chi connectivity index (χ1n) is 8.23. The molecule has 0 radical (unpaired) electrons. The predicted octanol–water partition coefficient (Wildman–Crippen LogP) is 3.30. The molecule has 1 fully saturated rings. The molecule has 2 atom stereocenters. The predicted molar refractivity (Wildman–Crippen MR) is 91.3 cm³/mol. The van der Waals surface area contributed by atoms with Gasteiger partial charge in [-0.3, -0.25) is 4.90 Å². The summed E-state index contributed by atoms with van der Waals surface area (Å²) in [4.78, 5) is 9.78. The SMILES string of the molecule is F[C@@H]1CN(Cc2ccccc2)C[C@@H]1OCc1nc2ccccc2[nH]1. The van der Waals surface area contributed by atoms with Gasteiger partial charge in [-0.05, 0) is 17.7 Å². The fraction of sp³-hybridized carbons (Fsp3) is 0.316. The van der Waals surface area contributed by atoms with Gasteiger partial charge < -0.3 is 9.72 Å². The Labute approximate surface area is 140 Å². The first-order valence-corrected chi connectivity index (χ1v) is 8.23. The molecule has 0 bridgehead atoms. The highest BCUT2D eigenvalue weighted by Gasteiger charge is 2.33. The van der Waals surface area contributed by atoms with Gasteiger partial charge >= 0.3 is 0 Å². The van der Waals surface area contributed by atoms with Gasteiger partial charge in [0, 0.05) is 19.6 Å². The van der Waals surface area contributed by atoms with E-state index in [1.54, 1.807) is 0 Å². The molecular formula is C19H20FN3O. The summed E-state index contributed by atoms with van der Waals surface area (Å²) >= 11 is 0. The fourth-order valence-corrected chi connectivity index (χ4v) is 3.20. The Balaban J connectivity index is 1.35. The van der Waals surface area contributed by atoms with Crippen molar-refractivity contribution in [2.75, 3.05) is 13.1 Å². The number of para-hydroxylation sites is 2. The minimum Gasteiger partial charge on any atom is -0.366 e. The standard InChI is InChI=1S/C19H20FN3O/c20-15-11-23(10-14-6-2-1-3-7-14)12-18(15)24-13-19-21-16-8-4-5-9-17(16)22-19/h1-9,15,18H,10-13H2,(H,21,22)/t15-,18+/m1/s1. The number of rotatable bonds is 5. The highest BCUT2D eigenvalue weighted by Crippen LogP contribution is 2.20. The number of hydrogen-bond donors (Lipinski definition) is 1. The molecule has 1 aliphatic heterocycles. The van der Waals surface area contributed by atoms with Crippen molar-refractivity contribution in [2.45, 2.75) is 25.4 Å². The second-order valence-corrected chi connectivity index (χ2v) is 6.25. The van der Waals surface area contributed by atoms with Crippen LogP contribution >= 0.6 is 0 Å². The molecule has 4 nitrogen and oxygen atoms in total. The number of benzene rings is 2. The van der Waals surface area contributed by atoms with E-state index in [1.165, 1.54) is 5.56 Å². The summed E-state index contributed by atoms with van der Waals surface area (Å²) in [6.45, 7) is 2.08. The molecule has 124 valence electrons. The van der Waals surface area contributed by atoms with Crippen molar-refractivity contribution in [2.24, 2.45) is 0 Å². The van der Waals surface area contributed by atoms with Crippen LogP contribution in [0.15, 0.2) is 54.6 Å². The Morgan fingerprint density at radius 1 is 1.08 bits per heavy atom. The molecule has 2 heterocycles. The first-order chi connectivity index (χ1) is 11.8. The van der Waals surface area contributed by atoms with Gasteiger partial charge in [-0.1, -0.05) is 42.5 Å². The molecule has 1 aliphatic rings. The second-order valence-electron chi connectivity index (χ2n) is 6.25. The summed E-state index contributed by atoms with van der Waals surface area (Å²) in [7, 11) is 0. The lowest BCUT2D eigenvalue weighted by Gasteiger charge is -2.15. The van der Waals surface area contributed by atoms with Crippen LogP contribution in [0.25, 0.3) is 11.0 Å². The van der Waals surface area contributed by atoms with Gasteiger partial charge in [0.05, 0.1) is 11.0 Å². The number of fused-ring (bicyclic) bond motifs is 1. The van der Waals surface area contributed by atoms with E-state index in [4.69, 9.17) is 4.74 Å². The zero-order valence-corrected chi connectivity index (χ0v) is 13.4. The molecule has 2 aromatic carbocycles. The van der Waals surface area contributed by atoms with E-state index in [-0.39, 0.29) is 0 Å². The number of likely N-dealkylation sites (tertiary alicyclic amines) is 1. The van der Waals surface area contributed by atoms with E-state index in [2.05, 4.69) is 27.0 Å². The maximum absolute atomic E-state index is 14.3. The molecule has 4 rings (SSSR count). The highest BCUT2D eigenvalue weighted by molar-refractivity contribution is 5.74. The number of hydrogen-bond acceptors (Lipinski definition) is 3. The zero-order chi connectivity index (χ0) is 16.4. The normalized spacial score (nSPS) is 21.5. The number of halogens is 1. The molecule has 0 unspecified atom stereocenters. The van der Waals surface area contributed by atoms with Crippen molar-refractivity contribution in [1.29, 1.82) is 0 Å². The number of alkyl halides is 1. The van der Waals surface area contributed by atoms with Gasteiger partial charge in [0.25, 0.3) is 0 Å². The van der Waals surface area contributed by atoms with E-state index >= 15 is 0 Å². The van der Waals surface area contributed by atoms with Crippen LogP contribution in [-0.2, 0) is 17.9 Å². The summed E-state index contributed by atoms with van der Waals surface area (Å²) < 4.78 is 20.0. The molecule has 1 aromatic heterocycles. The van der Waals surface area contributed by atoms with Crippen LogP contribution in [0.3, 0.4) is 0 Å². The van der Waals surface area contributed by atoms with E-state index in [9.17, 15) is 4.39 Å². The first kappa shape index (κ1) is 15.3. The van der Waals surface area contributed by atoms with Crippen LogP contribution in [0.5, 0.6) is 0 Å². The number of nitrogens with zero attached hydrogens (tertiary/aromatic N) is 2. The van der Waals surface area contributed by atoms with Crippen LogP contribution in [0.4, 0.5) is 4.39 Å². The van der Waals surface area contributed by atoms with Gasteiger partial charge in [-0.15, -0.1) is 0 Å². The third-order valence-corrected chi connectivity index (χ3v) is 4.40. The number of aromatic nitrogens is 2. The molecule has 0 spiro atoms. The summed E-state index contributed by atoms with van der Waals surface area (Å²) in [5.74, 6) is 0.741. The molecule has 0 aliphatic carbocycles. The fourth-order valence-electron chi connectivity index (χ4n) is 3.20. The number of imidazole rings is 1. The molecule has 0 saturated carbocycles. The number of ether oxygens (including phenoxy) is 1. The van der Waals surface area contributed by atoms with Crippen molar-refractivity contribution >= 4 is 11.0 Å². The Hall–Kier alpha value is -2.24. The average Bonchev–Trinajstić information content (AvgIpc) is 3.16. The smallest absolute Gasteiger partial charge is 0.140 e. The van der Waals surface area contributed by atoms with Crippen molar-refractivity contribution in [3.8, 4) is 0 Å². The number of nitrogens with one attached hydrogen (secondary N) is 1. The van der Waals surface area contributed by atoms with E-state index in [1.807, 2.05) is 42.5 Å². The third kappa shape index (κ3) is 3.32. The number of aromatic amines is 1. The number of H-pyrrole nitrogens is 1. The largest absolute Gasteiger partial charge is 0.366 e. The Kier molecular flexibility index (Phi) is 4.28. The van der Waals surface area contributed by atoms with E-state index in [0.717, 1.165) is 23.4 Å². The van der Waals surface area contributed by atoms with Gasteiger partial charge in [0.1, 0.15) is 24.7 Å². The summed E-state index contributed by atoms with van der Waals surface area (Å²) in [6, 6.07) is 18.0. The lowest BCUT2D eigenvalue weighted by atomic mass is 10.2. The third-order valence-electron chi connectivity index (χ3n) is 4.40. The van der Waals surface area contributed by atoms with Crippen LogP contribution in [0.1, 0.15) is 11.4 Å². The monoisotopic (exact) mass is 325 g/mol. The van der Waals surface area contributed by atoms with E-state index in [0.29, 0.717) is 19.7 Å². The zero-order valence-electron chi connectivity index (χ0n) is 13.4. The van der Waals surface area contributed by atoms with Crippen molar-refractivity contribution < 1.29 is 9.13 Å². The van der Waals surface area contributed by atoms with E-state index < -0.39 is 12.3 Å². The molecule has 24 heavy (non-hydrogen) atoms. The van der Waals surface area contributed by atoms with Crippen LogP contribution in [0.2, 0.25) is 0 Å². The lowest BCUT2D eigenvalue weighted by molar-refractivity contribution is 0.00864. The molecular weight excluding hydrogens is 305 g/mol. The molecule has 1 N–H and O–H groups in total. The van der Waals surface area contributed by atoms with Crippen LogP contribution in [-0.4, -0.2) is 40.2 Å². The Morgan fingerprint density at radius 2 is 1.88 bits per heavy atom. The quantitative estimate of drug-likeness (QED) is 0.782. The molecule has 5 heteroatoms. The molecule has 0 amide bonds. The highest BCUT2D eigenvalue weighted by atomic mass is 19.1. The van der Waals surface area contributed by atoms with Gasteiger partial charge in [0.15, 0.2) is 0 Å². The maximum Gasteiger partial charge on any atom is 0.140 e. The summed E-state index contributed by atoms with van der Waals surface area (Å²) in [5, 5.41) is 0. The minimum atomic E-state index is -0.960. The maximum atomic E-state index is 14.3. The van der Waals surface area contributed by atoms with Crippen LogP contribution in [0, 0.1) is 0 Å². The summed E-state index contributed by atoms with van der Waals surface area (Å²) in [5.41, 5.74) is 3.08. The van der Waals surface area contributed by atoms with Gasteiger partial charge in [-0.2, -0.15) is 0 Å². The van der Waals surface area contributed by atoms with Crippen LogP contribution < -0.4 is 0 Å². The Bertz CT molecular complexity index is 771. The lowest BCUT2D eigenvalue weighted by Crippen LogP contribution is -2.24. The average molecular weight is 325 g/mol. The molecule has 1 saturated heterocycles. The van der Waals surface area contributed by atoms with Gasteiger partial charge in [0.2, 0.25) is 0 Å². The minimum absolute atomic E-state index is 0.305. The second kappa shape index (κ2) is 6.71. The van der Waals surface area contributed by atoms with Crippen molar-refractivity contribution in [1.82, 2.24) is 14.9 Å². The van der Waals surface area contributed by atoms with Crippen molar-refractivity contribution in [3.05, 3.63) is 66.0 Å². The summed E-state index contributed by atoms with van der Waals surface area (Å²) in [6.07, 6.45) is -1.36. The Morgan fingerprint density at radius 3 is 2.71 bits per heavy atom. The topological polar surface area (TPSA) is 41.1 Å². The van der Waals surface area contributed by atoms with Crippen molar-refractivity contribution in [3.63, 3.8) is 0 Å². The van der Waals surface area contributed by atoms with Gasteiger partial charge in [-0.25, -0.2) is 9.37 Å².